The van der Waals surface area contributed by atoms with Crippen molar-refractivity contribution in [3.63, 3.8) is 0 Å². The molecule has 2 aliphatic rings. The molecule has 0 amide bonds. The van der Waals surface area contributed by atoms with Crippen molar-refractivity contribution in [2.75, 3.05) is 38.6 Å². The van der Waals surface area contributed by atoms with Crippen LogP contribution in [0.25, 0.3) is 0 Å². The number of allylic oxidation sites excluding steroid dienone is 1. The lowest BCUT2D eigenvalue weighted by Gasteiger charge is -2.30. The molecule has 0 saturated heterocycles. The number of carbonyl (C=O) groups excluding carboxylic acids is 1. The summed E-state index contributed by atoms with van der Waals surface area (Å²) in [6.07, 6.45) is 1.06. The van der Waals surface area contributed by atoms with E-state index < -0.39 is 6.04 Å². The van der Waals surface area contributed by atoms with Gasteiger partial charge in [0.15, 0.2) is 28.8 Å². The van der Waals surface area contributed by atoms with Gasteiger partial charge >= 0.3 is 0 Å². The number of carbonyl (C=O) groups is 1. The zero-order valence-corrected chi connectivity index (χ0v) is 23.5. The quantitative estimate of drug-likeness (QED) is 0.317. The van der Waals surface area contributed by atoms with E-state index >= 15 is 0 Å². The van der Waals surface area contributed by atoms with Gasteiger partial charge in [-0.05, 0) is 66.8 Å². The lowest BCUT2D eigenvalue weighted by Crippen LogP contribution is -2.27. The maximum atomic E-state index is 13.9. The van der Waals surface area contributed by atoms with E-state index in [9.17, 15) is 4.79 Å². The van der Waals surface area contributed by atoms with Crippen molar-refractivity contribution < 1.29 is 23.7 Å². The van der Waals surface area contributed by atoms with Gasteiger partial charge in [-0.15, -0.1) is 0 Å². The Morgan fingerprint density at radius 2 is 1.55 bits per heavy atom. The first-order valence-corrected chi connectivity index (χ1v) is 13.4. The van der Waals surface area contributed by atoms with Crippen LogP contribution < -0.4 is 29.6 Å². The fourth-order valence-electron chi connectivity index (χ4n) is 5.27. The van der Waals surface area contributed by atoms with Crippen LogP contribution in [0, 0.1) is 0 Å². The third-order valence-electron chi connectivity index (χ3n) is 7.08. The molecule has 1 aliphatic carbocycles. The molecule has 38 heavy (non-hydrogen) atoms. The number of Topliss-reactive ketones (excluding diaryl/α,β-unsaturated/α-hetero) is 1. The van der Waals surface area contributed by atoms with Gasteiger partial charge in [-0.3, -0.25) is 4.79 Å². The lowest BCUT2D eigenvalue weighted by atomic mass is 9.78. The molecule has 5 rings (SSSR count). The second-order valence-corrected chi connectivity index (χ2v) is 10.1. The molecule has 2 atom stereocenters. The summed E-state index contributed by atoms with van der Waals surface area (Å²) in [5.74, 6) is 2.67. The number of halogens is 1. The second-order valence-electron chi connectivity index (χ2n) is 9.24. The smallest absolute Gasteiger partial charge is 0.163 e. The molecular weight excluding hydrogens is 548 g/mol. The first-order valence-electron chi connectivity index (χ1n) is 12.6. The van der Waals surface area contributed by atoms with Crippen LogP contribution >= 0.6 is 15.9 Å². The molecule has 198 valence electrons. The summed E-state index contributed by atoms with van der Waals surface area (Å²) in [4.78, 5) is 13.9. The molecule has 0 radical (unpaired) electrons. The molecule has 0 fully saturated rings. The monoisotopic (exact) mass is 578 g/mol. The predicted molar refractivity (Wildman–Crippen MR) is 152 cm³/mol. The summed E-state index contributed by atoms with van der Waals surface area (Å²) in [6, 6.07) is 17.4. The van der Waals surface area contributed by atoms with Crippen molar-refractivity contribution in [1.29, 1.82) is 0 Å². The number of ketones is 1. The van der Waals surface area contributed by atoms with Crippen LogP contribution in [-0.4, -0.2) is 33.7 Å². The SMILES string of the molecule is CCOc1ccc(C2CC(=O)C3=C(C2)Nc2ccccc2NC3c2cc(OC)c(OC)cc2Br)cc1OC. The highest BCUT2D eigenvalue weighted by molar-refractivity contribution is 9.10. The van der Waals surface area contributed by atoms with Gasteiger partial charge in [-0.2, -0.15) is 0 Å². The molecule has 2 N–H and O–H groups in total. The summed E-state index contributed by atoms with van der Waals surface area (Å²) in [5.41, 5.74) is 5.41. The van der Waals surface area contributed by atoms with Crippen LogP contribution in [0.15, 0.2) is 70.3 Å². The number of nitrogens with one attached hydrogen (secondary N) is 2. The van der Waals surface area contributed by atoms with Crippen LogP contribution in [-0.2, 0) is 4.79 Å². The van der Waals surface area contributed by atoms with E-state index in [0.717, 1.165) is 38.2 Å². The van der Waals surface area contributed by atoms with Crippen molar-refractivity contribution in [1.82, 2.24) is 0 Å². The molecule has 2 unspecified atom stereocenters. The van der Waals surface area contributed by atoms with Gasteiger partial charge in [0.2, 0.25) is 0 Å². The Hall–Kier alpha value is -3.65. The number of hydrogen-bond donors (Lipinski definition) is 2. The Morgan fingerprint density at radius 1 is 0.868 bits per heavy atom. The van der Waals surface area contributed by atoms with Crippen molar-refractivity contribution >= 4 is 33.1 Å². The number of benzene rings is 3. The average molecular weight is 579 g/mol. The third-order valence-corrected chi connectivity index (χ3v) is 7.77. The van der Waals surface area contributed by atoms with Gasteiger partial charge in [0, 0.05) is 22.2 Å². The molecule has 8 heteroatoms. The predicted octanol–water partition coefficient (Wildman–Crippen LogP) is 6.85. The van der Waals surface area contributed by atoms with Gasteiger partial charge in [0.25, 0.3) is 0 Å². The highest BCUT2D eigenvalue weighted by Crippen LogP contribution is 2.47. The van der Waals surface area contributed by atoms with Crippen molar-refractivity contribution in [3.05, 3.63) is 81.5 Å². The summed E-state index contributed by atoms with van der Waals surface area (Å²) >= 11 is 3.72. The molecule has 0 aromatic heterocycles. The Bertz CT molecular complexity index is 1400. The van der Waals surface area contributed by atoms with Crippen molar-refractivity contribution in [2.24, 2.45) is 0 Å². The first-order chi connectivity index (χ1) is 18.5. The second kappa shape index (κ2) is 11.0. The minimum Gasteiger partial charge on any atom is -0.493 e. The van der Waals surface area contributed by atoms with Crippen LogP contribution in [0.4, 0.5) is 11.4 Å². The molecule has 1 heterocycles. The number of hydrogen-bond acceptors (Lipinski definition) is 7. The molecule has 0 spiro atoms. The van der Waals surface area contributed by atoms with E-state index in [1.165, 1.54) is 0 Å². The Morgan fingerprint density at radius 3 is 2.26 bits per heavy atom. The number of rotatable bonds is 7. The topological polar surface area (TPSA) is 78.1 Å². The summed E-state index contributed by atoms with van der Waals surface area (Å²) in [5, 5.41) is 7.22. The Labute approximate surface area is 231 Å². The Kier molecular flexibility index (Phi) is 7.51. The summed E-state index contributed by atoms with van der Waals surface area (Å²) < 4.78 is 23.2. The van der Waals surface area contributed by atoms with E-state index in [4.69, 9.17) is 18.9 Å². The summed E-state index contributed by atoms with van der Waals surface area (Å²) in [7, 11) is 4.85. The van der Waals surface area contributed by atoms with Gasteiger partial charge < -0.3 is 29.6 Å². The van der Waals surface area contributed by atoms with Gasteiger partial charge in [0.1, 0.15) is 0 Å². The number of para-hydroxylation sites is 2. The minimum absolute atomic E-state index is 0.00178. The van der Waals surface area contributed by atoms with E-state index in [1.54, 1.807) is 21.3 Å². The molecule has 0 bridgehead atoms. The number of methoxy groups -OCH3 is 3. The fraction of sp³-hybridized carbons (Fsp3) is 0.300. The molecule has 1 aliphatic heterocycles. The van der Waals surface area contributed by atoms with Gasteiger partial charge in [-0.25, -0.2) is 0 Å². The minimum atomic E-state index is -0.390. The van der Waals surface area contributed by atoms with E-state index in [2.05, 4.69) is 26.6 Å². The third kappa shape index (κ3) is 4.80. The van der Waals surface area contributed by atoms with E-state index in [0.29, 0.717) is 42.4 Å². The summed E-state index contributed by atoms with van der Waals surface area (Å²) in [6.45, 7) is 2.50. The van der Waals surface area contributed by atoms with Gasteiger partial charge in [-0.1, -0.05) is 34.1 Å². The first kappa shape index (κ1) is 26.0. The number of anilines is 2. The normalized spacial score (nSPS) is 18.4. The molecule has 3 aromatic rings. The standard InChI is InChI=1S/C30H31BrN2O5/c1-5-38-25-11-10-17(14-26(25)35-2)18-12-23-29(24(34)13-18)30(33-22-9-7-6-8-21(22)32-23)19-15-27(36-3)28(37-4)16-20(19)31/h6-11,14-16,18,30,32-33H,5,12-13H2,1-4H3. The van der Waals surface area contributed by atoms with E-state index in [-0.39, 0.29) is 11.7 Å². The van der Waals surface area contributed by atoms with Crippen LogP contribution in [0.3, 0.4) is 0 Å². The molecule has 3 aromatic carbocycles. The maximum absolute atomic E-state index is 13.9. The van der Waals surface area contributed by atoms with Crippen molar-refractivity contribution in [3.8, 4) is 23.0 Å². The molecular formula is C30H31BrN2O5. The lowest BCUT2D eigenvalue weighted by molar-refractivity contribution is -0.116. The van der Waals surface area contributed by atoms with Crippen LogP contribution in [0.2, 0.25) is 0 Å². The number of fused-ring (bicyclic) bond motifs is 1. The Balaban J connectivity index is 1.60. The molecule has 0 saturated carbocycles. The molecule has 7 nitrogen and oxygen atoms in total. The number of ether oxygens (including phenoxy) is 4. The van der Waals surface area contributed by atoms with Crippen LogP contribution in [0.5, 0.6) is 23.0 Å². The van der Waals surface area contributed by atoms with Crippen LogP contribution in [0.1, 0.15) is 42.9 Å². The highest BCUT2D eigenvalue weighted by atomic mass is 79.9. The largest absolute Gasteiger partial charge is 0.493 e. The average Bonchev–Trinajstić information content (AvgIpc) is 3.10. The van der Waals surface area contributed by atoms with Gasteiger partial charge in [0.05, 0.1) is 45.4 Å². The zero-order chi connectivity index (χ0) is 26.8. The fourth-order valence-corrected chi connectivity index (χ4v) is 5.82. The highest BCUT2D eigenvalue weighted by Gasteiger charge is 2.37. The van der Waals surface area contributed by atoms with E-state index in [1.807, 2.05) is 61.5 Å². The zero-order valence-electron chi connectivity index (χ0n) is 21.9. The van der Waals surface area contributed by atoms with Crippen molar-refractivity contribution in [2.45, 2.75) is 31.7 Å². The maximum Gasteiger partial charge on any atom is 0.163 e.